The lowest BCUT2D eigenvalue weighted by molar-refractivity contribution is -0.137. The summed E-state index contributed by atoms with van der Waals surface area (Å²) in [5, 5.41) is 4.07. The van der Waals surface area contributed by atoms with Gasteiger partial charge in [-0.1, -0.05) is 18.2 Å². The Balaban J connectivity index is 1.53. The number of rotatable bonds is 4. The van der Waals surface area contributed by atoms with Crippen LogP contribution in [0.2, 0.25) is 0 Å². The number of benzene rings is 1. The van der Waals surface area contributed by atoms with Gasteiger partial charge in [-0.2, -0.15) is 18.3 Å². The monoisotopic (exact) mass is 414 g/mol. The second kappa shape index (κ2) is 7.93. The Kier molecular flexibility index (Phi) is 5.32. The van der Waals surface area contributed by atoms with E-state index < -0.39 is 11.7 Å². The van der Waals surface area contributed by atoms with Crippen molar-refractivity contribution in [1.82, 2.24) is 19.7 Å². The Morgan fingerprint density at radius 2 is 1.90 bits per heavy atom. The minimum Gasteiger partial charge on any atom is -0.329 e. The molecule has 1 aliphatic rings. The first kappa shape index (κ1) is 20.1. The van der Waals surface area contributed by atoms with Crippen molar-refractivity contribution in [2.24, 2.45) is 7.05 Å². The van der Waals surface area contributed by atoms with Crippen LogP contribution in [0.1, 0.15) is 51.9 Å². The SMILES string of the molecule is Cn1nccc1C(=O)N1CCCC1c1cccc(Cc2ccc(C(F)(F)F)cc2)n1. The summed E-state index contributed by atoms with van der Waals surface area (Å²) in [6, 6.07) is 12.3. The Morgan fingerprint density at radius 3 is 2.57 bits per heavy atom. The minimum atomic E-state index is -4.34. The summed E-state index contributed by atoms with van der Waals surface area (Å²) >= 11 is 0. The van der Waals surface area contributed by atoms with Crippen LogP contribution in [0, 0.1) is 0 Å². The molecular formula is C22H21F3N4O. The zero-order chi connectivity index (χ0) is 21.3. The number of hydrogen-bond donors (Lipinski definition) is 0. The second-order valence-electron chi connectivity index (χ2n) is 7.42. The number of halogens is 3. The van der Waals surface area contributed by atoms with E-state index in [4.69, 9.17) is 4.98 Å². The maximum atomic E-state index is 12.9. The number of amides is 1. The third-order valence-electron chi connectivity index (χ3n) is 5.39. The number of nitrogens with zero attached hydrogens (tertiary/aromatic N) is 4. The van der Waals surface area contributed by atoms with Crippen molar-refractivity contribution in [2.75, 3.05) is 6.54 Å². The average Bonchev–Trinajstić information content (AvgIpc) is 3.36. The van der Waals surface area contributed by atoms with Crippen LogP contribution in [0.5, 0.6) is 0 Å². The van der Waals surface area contributed by atoms with Crippen LogP contribution in [0.25, 0.3) is 0 Å². The first-order chi connectivity index (χ1) is 14.3. The van der Waals surface area contributed by atoms with Crippen LogP contribution in [-0.2, 0) is 19.6 Å². The zero-order valence-electron chi connectivity index (χ0n) is 16.4. The van der Waals surface area contributed by atoms with Gasteiger partial charge in [0.05, 0.1) is 17.3 Å². The van der Waals surface area contributed by atoms with Gasteiger partial charge < -0.3 is 4.90 Å². The molecule has 1 aromatic carbocycles. The number of carbonyl (C=O) groups excluding carboxylic acids is 1. The Labute approximate surface area is 172 Å². The van der Waals surface area contributed by atoms with E-state index in [-0.39, 0.29) is 11.9 Å². The van der Waals surface area contributed by atoms with E-state index in [1.807, 2.05) is 23.1 Å². The highest BCUT2D eigenvalue weighted by molar-refractivity contribution is 5.93. The van der Waals surface area contributed by atoms with Gasteiger partial charge >= 0.3 is 6.18 Å². The van der Waals surface area contributed by atoms with E-state index in [1.165, 1.54) is 12.1 Å². The molecule has 3 heterocycles. The molecule has 8 heteroatoms. The van der Waals surface area contributed by atoms with Crippen LogP contribution in [0.15, 0.2) is 54.7 Å². The highest BCUT2D eigenvalue weighted by Crippen LogP contribution is 2.33. The molecule has 4 rings (SSSR count). The van der Waals surface area contributed by atoms with Crippen molar-refractivity contribution >= 4 is 5.91 Å². The van der Waals surface area contributed by atoms with E-state index in [0.717, 1.165) is 41.9 Å². The number of alkyl halides is 3. The van der Waals surface area contributed by atoms with Crippen molar-refractivity contribution in [1.29, 1.82) is 0 Å². The van der Waals surface area contributed by atoms with E-state index in [1.54, 1.807) is 24.0 Å². The molecule has 1 saturated heterocycles. The average molecular weight is 414 g/mol. The van der Waals surface area contributed by atoms with Gasteiger partial charge in [0.1, 0.15) is 5.69 Å². The molecule has 0 saturated carbocycles. The predicted molar refractivity (Wildman–Crippen MR) is 105 cm³/mol. The van der Waals surface area contributed by atoms with Gasteiger partial charge in [-0.3, -0.25) is 14.5 Å². The van der Waals surface area contributed by atoms with Crippen LogP contribution in [0.4, 0.5) is 13.2 Å². The summed E-state index contributed by atoms with van der Waals surface area (Å²) in [5.74, 6) is -0.0764. The van der Waals surface area contributed by atoms with Gasteiger partial charge in [0, 0.05) is 31.9 Å². The molecule has 30 heavy (non-hydrogen) atoms. The molecule has 1 atom stereocenters. The number of aryl methyl sites for hydroxylation is 1. The van der Waals surface area contributed by atoms with Crippen LogP contribution in [-0.4, -0.2) is 32.1 Å². The molecule has 1 amide bonds. The Morgan fingerprint density at radius 1 is 1.13 bits per heavy atom. The molecule has 5 nitrogen and oxygen atoms in total. The number of aromatic nitrogens is 3. The first-order valence-corrected chi connectivity index (χ1v) is 9.74. The Bertz CT molecular complexity index is 1040. The third-order valence-corrected chi connectivity index (χ3v) is 5.39. The number of pyridine rings is 1. The largest absolute Gasteiger partial charge is 0.416 e. The molecule has 1 fully saturated rings. The van der Waals surface area contributed by atoms with Crippen LogP contribution in [0.3, 0.4) is 0 Å². The summed E-state index contributed by atoms with van der Waals surface area (Å²) < 4.78 is 39.8. The molecule has 1 aliphatic heterocycles. The van der Waals surface area contributed by atoms with E-state index in [2.05, 4.69) is 5.10 Å². The van der Waals surface area contributed by atoms with E-state index in [9.17, 15) is 18.0 Å². The normalized spacial score (nSPS) is 16.8. The highest BCUT2D eigenvalue weighted by Gasteiger charge is 2.33. The summed E-state index contributed by atoms with van der Waals surface area (Å²) in [4.78, 5) is 19.5. The summed E-state index contributed by atoms with van der Waals surface area (Å²) in [6.07, 6.45) is -0.613. The van der Waals surface area contributed by atoms with Crippen LogP contribution >= 0.6 is 0 Å². The van der Waals surface area contributed by atoms with Crippen molar-refractivity contribution < 1.29 is 18.0 Å². The molecular weight excluding hydrogens is 393 g/mol. The molecule has 0 spiro atoms. The molecule has 156 valence electrons. The number of carbonyl (C=O) groups is 1. The third kappa shape index (κ3) is 4.08. The lowest BCUT2D eigenvalue weighted by Gasteiger charge is -2.24. The molecule has 0 bridgehead atoms. The highest BCUT2D eigenvalue weighted by atomic mass is 19.4. The van der Waals surface area contributed by atoms with Crippen molar-refractivity contribution in [2.45, 2.75) is 31.5 Å². The van der Waals surface area contributed by atoms with Gasteiger partial charge in [0.25, 0.3) is 5.91 Å². The van der Waals surface area contributed by atoms with Gasteiger partial charge in [-0.15, -0.1) is 0 Å². The molecule has 0 N–H and O–H groups in total. The van der Waals surface area contributed by atoms with Crippen molar-refractivity contribution in [3.63, 3.8) is 0 Å². The fraction of sp³-hybridized carbons (Fsp3) is 0.318. The van der Waals surface area contributed by atoms with Gasteiger partial charge in [-0.05, 0) is 48.7 Å². The minimum absolute atomic E-state index is 0.0764. The first-order valence-electron chi connectivity index (χ1n) is 9.74. The lowest BCUT2D eigenvalue weighted by atomic mass is 10.1. The summed E-state index contributed by atoms with van der Waals surface area (Å²) in [7, 11) is 1.74. The summed E-state index contributed by atoms with van der Waals surface area (Å²) in [6.45, 7) is 0.652. The number of likely N-dealkylation sites (tertiary alicyclic amines) is 1. The van der Waals surface area contributed by atoms with E-state index >= 15 is 0 Å². The zero-order valence-corrected chi connectivity index (χ0v) is 16.4. The fourth-order valence-electron chi connectivity index (χ4n) is 3.85. The van der Waals surface area contributed by atoms with Crippen molar-refractivity contribution in [3.05, 3.63) is 82.9 Å². The van der Waals surface area contributed by atoms with Crippen molar-refractivity contribution in [3.8, 4) is 0 Å². The van der Waals surface area contributed by atoms with Gasteiger partial charge in [-0.25, -0.2) is 0 Å². The Hall–Kier alpha value is -3.16. The lowest BCUT2D eigenvalue weighted by Crippen LogP contribution is -2.32. The van der Waals surface area contributed by atoms with Gasteiger partial charge in [0.2, 0.25) is 0 Å². The summed E-state index contributed by atoms with van der Waals surface area (Å²) in [5.41, 5.74) is 2.17. The molecule has 0 radical (unpaired) electrons. The molecule has 1 unspecified atom stereocenters. The topological polar surface area (TPSA) is 51.0 Å². The smallest absolute Gasteiger partial charge is 0.329 e. The second-order valence-corrected chi connectivity index (χ2v) is 7.42. The molecule has 3 aromatic rings. The molecule has 0 aliphatic carbocycles. The fourth-order valence-corrected chi connectivity index (χ4v) is 3.85. The predicted octanol–water partition coefficient (Wildman–Crippen LogP) is 4.40. The standard InChI is InChI=1S/C22H21F3N4O/c1-28-20(11-12-26-28)21(30)29-13-3-6-19(29)18-5-2-4-17(27-18)14-15-7-9-16(10-8-15)22(23,24)25/h2,4-5,7-12,19H,3,6,13-14H2,1H3. The quantitative estimate of drug-likeness (QED) is 0.636. The maximum absolute atomic E-state index is 12.9. The molecule has 2 aromatic heterocycles. The van der Waals surface area contributed by atoms with Crippen LogP contribution < -0.4 is 0 Å². The van der Waals surface area contributed by atoms with Gasteiger partial charge in [0.15, 0.2) is 0 Å². The maximum Gasteiger partial charge on any atom is 0.416 e. The van der Waals surface area contributed by atoms with E-state index in [0.29, 0.717) is 18.7 Å². The number of hydrogen-bond acceptors (Lipinski definition) is 3.